The van der Waals surface area contributed by atoms with E-state index in [-0.39, 0.29) is 6.04 Å². The van der Waals surface area contributed by atoms with Gasteiger partial charge in [0, 0.05) is 0 Å². The fraction of sp³-hybridized carbons (Fsp3) is 0.435. The zero-order valence-electron chi connectivity index (χ0n) is 17.9. The minimum Gasteiger partial charge on any atom is -0.493 e. The lowest BCUT2D eigenvalue weighted by atomic mass is 9.91. The van der Waals surface area contributed by atoms with Crippen LogP contribution in [0.1, 0.15) is 36.4 Å². The van der Waals surface area contributed by atoms with Crippen molar-refractivity contribution in [1.29, 1.82) is 0 Å². The van der Waals surface area contributed by atoms with Crippen molar-refractivity contribution in [3.8, 4) is 23.0 Å². The summed E-state index contributed by atoms with van der Waals surface area (Å²) >= 11 is 0. The Labute approximate surface area is 177 Å². The molecule has 1 fully saturated rings. The van der Waals surface area contributed by atoms with Crippen LogP contribution in [0.25, 0.3) is 0 Å². The summed E-state index contributed by atoms with van der Waals surface area (Å²) in [7, 11) is 6.37. The molecule has 1 aliphatic rings. The van der Waals surface area contributed by atoms with Crippen LogP contribution in [0.3, 0.4) is 0 Å². The summed E-state index contributed by atoms with van der Waals surface area (Å²) in [5, 5.41) is 9.89. The summed E-state index contributed by atoms with van der Waals surface area (Å²) in [5.74, 6) is 1.65. The van der Waals surface area contributed by atoms with Gasteiger partial charge in [0.1, 0.15) is 6.04 Å². The van der Waals surface area contributed by atoms with Crippen LogP contribution in [0.5, 0.6) is 23.0 Å². The van der Waals surface area contributed by atoms with Crippen molar-refractivity contribution >= 4 is 5.97 Å². The molecule has 2 aromatic rings. The number of piperidine rings is 1. The van der Waals surface area contributed by atoms with E-state index >= 15 is 0 Å². The largest absolute Gasteiger partial charge is 0.493 e. The van der Waals surface area contributed by atoms with Gasteiger partial charge in [-0.05, 0) is 54.8 Å². The molecular weight excluding hydrogens is 386 g/mol. The predicted octanol–water partition coefficient (Wildman–Crippen LogP) is 3.75. The molecule has 0 saturated carbocycles. The fourth-order valence-corrected chi connectivity index (χ4v) is 4.15. The van der Waals surface area contributed by atoms with E-state index in [0.717, 1.165) is 24.0 Å². The van der Waals surface area contributed by atoms with Gasteiger partial charge in [0.15, 0.2) is 23.0 Å². The Morgan fingerprint density at radius 1 is 0.867 bits per heavy atom. The molecule has 1 N–H and O–H groups in total. The number of carbonyl (C=O) groups is 1. The van der Waals surface area contributed by atoms with Crippen molar-refractivity contribution in [2.45, 2.75) is 31.3 Å². The molecular formula is C23H29NO6. The number of benzene rings is 2. The van der Waals surface area contributed by atoms with Gasteiger partial charge >= 0.3 is 5.97 Å². The van der Waals surface area contributed by atoms with E-state index in [9.17, 15) is 9.90 Å². The zero-order chi connectivity index (χ0) is 21.7. The summed E-state index contributed by atoms with van der Waals surface area (Å²) < 4.78 is 21.8. The topological polar surface area (TPSA) is 77.5 Å². The zero-order valence-corrected chi connectivity index (χ0v) is 17.9. The fourth-order valence-electron chi connectivity index (χ4n) is 4.15. The van der Waals surface area contributed by atoms with Crippen LogP contribution < -0.4 is 18.9 Å². The van der Waals surface area contributed by atoms with Crippen molar-refractivity contribution in [3.63, 3.8) is 0 Å². The Kier molecular flexibility index (Phi) is 7.05. The SMILES string of the molecule is COc1ccc(C(c2ccc(OC)c(OC)c2)N2CCCCC2C(=O)O)cc1OC. The van der Waals surface area contributed by atoms with Gasteiger partial charge in [-0.25, -0.2) is 0 Å². The number of hydrogen-bond acceptors (Lipinski definition) is 6. The molecule has 0 aromatic heterocycles. The number of methoxy groups -OCH3 is 4. The lowest BCUT2D eigenvalue weighted by Crippen LogP contribution is -2.46. The molecule has 1 atom stereocenters. The Hall–Kier alpha value is -2.93. The molecule has 162 valence electrons. The third kappa shape index (κ3) is 4.31. The van der Waals surface area contributed by atoms with Crippen LogP contribution in [-0.4, -0.2) is 57.0 Å². The van der Waals surface area contributed by atoms with E-state index in [4.69, 9.17) is 18.9 Å². The monoisotopic (exact) mass is 415 g/mol. The molecule has 1 heterocycles. The van der Waals surface area contributed by atoms with Gasteiger partial charge in [-0.2, -0.15) is 0 Å². The number of hydrogen-bond donors (Lipinski definition) is 1. The van der Waals surface area contributed by atoms with E-state index in [0.29, 0.717) is 36.0 Å². The third-order valence-corrected chi connectivity index (χ3v) is 5.61. The molecule has 30 heavy (non-hydrogen) atoms. The first-order valence-corrected chi connectivity index (χ1v) is 9.96. The van der Waals surface area contributed by atoms with Gasteiger partial charge in [0.2, 0.25) is 0 Å². The quantitative estimate of drug-likeness (QED) is 0.704. The Bertz CT molecular complexity index is 828. The van der Waals surface area contributed by atoms with E-state index in [1.54, 1.807) is 28.4 Å². The molecule has 0 bridgehead atoms. The van der Waals surface area contributed by atoms with Crippen molar-refractivity contribution in [2.75, 3.05) is 35.0 Å². The summed E-state index contributed by atoms with van der Waals surface area (Å²) in [4.78, 5) is 14.1. The second-order valence-electron chi connectivity index (χ2n) is 7.22. The maximum Gasteiger partial charge on any atom is 0.320 e. The number of nitrogens with zero attached hydrogens (tertiary/aromatic N) is 1. The highest BCUT2D eigenvalue weighted by Gasteiger charge is 2.35. The highest BCUT2D eigenvalue weighted by atomic mass is 16.5. The highest BCUT2D eigenvalue weighted by molar-refractivity contribution is 5.73. The molecule has 1 unspecified atom stereocenters. The molecule has 0 aliphatic carbocycles. The van der Waals surface area contributed by atoms with Crippen LogP contribution in [0.15, 0.2) is 36.4 Å². The highest BCUT2D eigenvalue weighted by Crippen LogP contribution is 2.40. The molecule has 7 nitrogen and oxygen atoms in total. The smallest absolute Gasteiger partial charge is 0.320 e. The number of rotatable bonds is 8. The van der Waals surface area contributed by atoms with E-state index in [2.05, 4.69) is 0 Å². The number of carboxylic acid groups (broad SMARTS) is 1. The molecule has 1 saturated heterocycles. The summed E-state index contributed by atoms with van der Waals surface area (Å²) in [6.07, 6.45) is 2.46. The first-order chi connectivity index (χ1) is 14.5. The van der Waals surface area contributed by atoms with Crippen LogP contribution in [0.4, 0.5) is 0 Å². The Morgan fingerprint density at radius 2 is 1.37 bits per heavy atom. The van der Waals surface area contributed by atoms with Gasteiger partial charge in [0.05, 0.1) is 34.5 Å². The number of ether oxygens (including phenoxy) is 4. The van der Waals surface area contributed by atoms with E-state index < -0.39 is 12.0 Å². The van der Waals surface area contributed by atoms with Crippen molar-refractivity contribution in [3.05, 3.63) is 47.5 Å². The lowest BCUT2D eigenvalue weighted by molar-refractivity contribution is -0.145. The second-order valence-corrected chi connectivity index (χ2v) is 7.22. The molecule has 0 amide bonds. The standard InChI is InChI=1S/C23H29NO6/c1-27-18-10-8-15(13-20(18)29-3)22(24-12-6-5-7-17(24)23(25)26)16-9-11-19(28-2)21(14-16)30-4/h8-11,13-14,17,22H,5-7,12H2,1-4H3,(H,25,26). The Balaban J connectivity index is 2.15. The van der Waals surface area contributed by atoms with Crippen LogP contribution in [-0.2, 0) is 4.79 Å². The first kappa shape index (κ1) is 21.8. The maximum atomic E-state index is 12.0. The molecule has 2 aromatic carbocycles. The van der Waals surface area contributed by atoms with Crippen molar-refractivity contribution in [1.82, 2.24) is 4.90 Å². The summed E-state index contributed by atoms with van der Waals surface area (Å²) in [6.45, 7) is 0.685. The van der Waals surface area contributed by atoms with Gasteiger partial charge in [0.25, 0.3) is 0 Å². The molecule has 3 rings (SSSR count). The normalized spacial score (nSPS) is 16.9. The van der Waals surface area contributed by atoms with Crippen LogP contribution >= 0.6 is 0 Å². The van der Waals surface area contributed by atoms with E-state index in [1.807, 2.05) is 41.3 Å². The first-order valence-electron chi connectivity index (χ1n) is 9.96. The maximum absolute atomic E-state index is 12.0. The summed E-state index contributed by atoms with van der Waals surface area (Å²) in [6, 6.07) is 10.6. The average Bonchev–Trinajstić information content (AvgIpc) is 2.79. The van der Waals surface area contributed by atoms with Crippen molar-refractivity contribution < 1.29 is 28.8 Å². The molecule has 0 radical (unpaired) electrons. The molecule has 1 aliphatic heterocycles. The summed E-state index contributed by atoms with van der Waals surface area (Å²) in [5.41, 5.74) is 1.85. The third-order valence-electron chi connectivity index (χ3n) is 5.61. The number of likely N-dealkylation sites (tertiary alicyclic amines) is 1. The minimum atomic E-state index is -0.805. The van der Waals surface area contributed by atoms with Crippen LogP contribution in [0, 0.1) is 0 Å². The van der Waals surface area contributed by atoms with Gasteiger partial charge in [-0.1, -0.05) is 18.6 Å². The minimum absolute atomic E-state index is 0.286. The Morgan fingerprint density at radius 3 is 1.80 bits per heavy atom. The average molecular weight is 415 g/mol. The predicted molar refractivity (Wildman–Crippen MR) is 113 cm³/mol. The number of aliphatic carboxylic acids is 1. The van der Waals surface area contributed by atoms with E-state index in [1.165, 1.54) is 0 Å². The number of carboxylic acids is 1. The molecule has 0 spiro atoms. The lowest BCUT2D eigenvalue weighted by Gasteiger charge is -2.40. The van der Waals surface area contributed by atoms with Crippen LogP contribution in [0.2, 0.25) is 0 Å². The molecule has 7 heteroatoms. The van der Waals surface area contributed by atoms with Gasteiger partial charge in [-0.15, -0.1) is 0 Å². The second kappa shape index (κ2) is 9.71. The van der Waals surface area contributed by atoms with Gasteiger partial charge < -0.3 is 24.1 Å². The van der Waals surface area contributed by atoms with Crippen molar-refractivity contribution in [2.24, 2.45) is 0 Å². The van der Waals surface area contributed by atoms with Gasteiger partial charge in [-0.3, -0.25) is 9.69 Å².